The molecule has 0 radical (unpaired) electrons. The zero-order chi connectivity index (χ0) is 14.8. The topological polar surface area (TPSA) is 38.3 Å². The normalized spacial score (nSPS) is 16.8. The predicted molar refractivity (Wildman–Crippen MR) is 66.9 cm³/mol. The van der Waals surface area contributed by atoms with Gasteiger partial charge >= 0.3 is 12.1 Å². The van der Waals surface area contributed by atoms with Crippen LogP contribution >= 0.6 is 0 Å². The fourth-order valence-electron chi connectivity index (χ4n) is 1.93. The number of alkyl halides is 3. The van der Waals surface area contributed by atoms with Gasteiger partial charge in [-0.05, 0) is 37.5 Å². The molecule has 0 saturated heterocycles. The van der Waals surface area contributed by atoms with E-state index < -0.39 is 17.3 Å². The van der Waals surface area contributed by atoms with Crippen LogP contribution in [0.5, 0.6) is 0 Å². The molecule has 3 nitrogen and oxygen atoms in total. The van der Waals surface area contributed by atoms with Crippen molar-refractivity contribution in [2.45, 2.75) is 38.0 Å². The molecule has 0 unspecified atom stereocenters. The SMILES string of the molecule is CCOC(=O)C1(NCc2ccc(C(F)(F)F)cc2)CC1. The molecule has 1 aliphatic carbocycles. The van der Waals surface area contributed by atoms with Crippen molar-refractivity contribution in [3.63, 3.8) is 0 Å². The number of hydrogen-bond donors (Lipinski definition) is 1. The third kappa shape index (κ3) is 3.30. The maximum Gasteiger partial charge on any atom is 0.416 e. The van der Waals surface area contributed by atoms with Crippen LogP contribution in [0.25, 0.3) is 0 Å². The molecule has 0 bridgehead atoms. The number of nitrogens with one attached hydrogen (secondary N) is 1. The number of benzene rings is 1. The van der Waals surface area contributed by atoms with Crippen molar-refractivity contribution in [3.05, 3.63) is 35.4 Å². The van der Waals surface area contributed by atoms with E-state index in [9.17, 15) is 18.0 Å². The highest BCUT2D eigenvalue weighted by Crippen LogP contribution is 2.37. The Morgan fingerprint density at radius 2 is 1.90 bits per heavy atom. The summed E-state index contributed by atoms with van der Waals surface area (Å²) >= 11 is 0. The molecule has 0 heterocycles. The minimum atomic E-state index is -4.32. The standard InChI is InChI=1S/C14H16F3NO2/c1-2-20-12(19)13(7-8-13)18-9-10-3-5-11(6-4-10)14(15,16)17/h3-6,18H,2,7-9H2,1H3. The minimum Gasteiger partial charge on any atom is -0.465 e. The van der Waals surface area contributed by atoms with Crippen molar-refractivity contribution in [1.82, 2.24) is 5.32 Å². The van der Waals surface area contributed by atoms with Crippen LogP contribution in [-0.2, 0) is 22.3 Å². The molecule has 2 rings (SSSR count). The first kappa shape index (κ1) is 14.8. The van der Waals surface area contributed by atoms with Gasteiger partial charge in [0.15, 0.2) is 0 Å². The molecule has 0 aliphatic heterocycles. The molecule has 110 valence electrons. The number of ether oxygens (including phenoxy) is 1. The largest absolute Gasteiger partial charge is 0.465 e. The summed E-state index contributed by atoms with van der Waals surface area (Å²) in [4.78, 5) is 11.7. The lowest BCUT2D eigenvalue weighted by molar-refractivity contribution is -0.147. The Morgan fingerprint density at radius 3 is 2.35 bits per heavy atom. The Hall–Kier alpha value is -1.56. The summed E-state index contributed by atoms with van der Waals surface area (Å²) in [7, 11) is 0. The van der Waals surface area contributed by atoms with Crippen LogP contribution in [0.15, 0.2) is 24.3 Å². The molecule has 1 fully saturated rings. The van der Waals surface area contributed by atoms with E-state index in [4.69, 9.17) is 4.74 Å². The Labute approximate surface area is 115 Å². The molecule has 6 heteroatoms. The number of carbonyl (C=O) groups is 1. The first-order valence-corrected chi connectivity index (χ1v) is 6.46. The molecule has 0 amide bonds. The number of hydrogen-bond acceptors (Lipinski definition) is 3. The second-order valence-corrected chi connectivity index (χ2v) is 4.85. The van der Waals surface area contributed by atoms with Crippen molar-refractivity contribution in [2.24, 2.45) is 0 Å². The number of carbonyl (C=O) groups excluding carboxylic acids is 1. The van der Waals surface area contributed by atoms with Gasteiger partial charge in [0.1, 0.15) is 5.54 Å². The zero-order valence-corrected chi connectivity index (χ0v) is 11.1. The van der Waals surface area contributed by atoms with E-state index in [-0.39, 0.29) is 5.97 Å². The molecule has 1 aliphatic rings. The highest BCUT2D eigenvalue weighted by molar-refractivity contribution is 5.84. The smallest absolute Gasteiger partial charge is 0.416 e. The van der Waals surface area contributed by atoms with Crippen LogP contribution < -0.4 is 5.32 Å². The van der Waals surface area contributed by atoms with Gasteiger partial charge in [-0.15, -0.1) is 0 Å². The van der Waals surface area contributed by atoms with Crippen molar-refractivity contribution in [3.8, 4) is 0 Å². The predicted octanol–water partition coefficient (Wildman–Crippen LogP) is 2.89. The number of esters is 1. The van der Waals surface area contributed by atoms with Gasteiger partial charge in [-0.3, -0.25) is 10.1 Å². The summed E-state index contributed by atoms with van der Waals surface area (Å²) in [6.45, 7) is 2.41. The summed E-state index contributed by atoms with van der Waals surface area (Å²) < 4.78 is 42.2. The van der Waals surface area contributed by atoms with Gasteiger partial charge in [-0.25, -0.2) is 0 Å². The molecule has 20 heavy (non-hydrogen) atoms. The first-order chi connectivity index (χ1) is 9.37. The summed E-state index contributed by atoms with van der Waals surface area (Å²) in [5.74, 6) is -0.285. The van der Waals surface area contributed by atoms with Gasteiger partial charge < -0.3 is 4.74 Å². The second kappa shape index (κ2) is 5.44. The van der Waals surface area contributed by atoms with Crippen LogP contribution in [-0.4, -0.2) is 18.1 Å². The fraction of sp³-hybridized carbons (Fsp3) is 0.500. The van der Waals surface area contributed by atoms with E-state index in [0.717, 1.165) is 12.1 Å². The van der Waals surface area contributed by atoms with Crippen LogP contribution in [0, 0.1) is 0 Å². The van der Waals surface area contributed by atoms with Crippen molar-refractivity contribution in [2.75, 3.05) is 6.61 Å². The van der Waals surface area contributed by atoms with E-state index >= 15 is 0 Å². The van der Waals surface area contributed by atoms with Crippen LogP contribution in [0.2, 0.25) is 0 Å². The van der Waals surface area contributed by atoms with E-state index in [2.05, 4.69) is 5.32 Å². The molecule has 1 aromatic rings. The van der Waals surface area contributed by atoms with Crippen molar-refractivity contribution >= 4 is 5.97 Å². The lowest BCUT2D eigenvalue weighted by atomic mass is 10.1. The van der Waals surface area contributed by atoms with Crippen molar-refractivity contribution in [1.29, 1.82) is 0 Å². The Kier molecular flexibility index (Phi) is 4.04. The Bertz CT molecular complexity index is 478. The van der Waals surface area contributed by atoms with Gasteiger partial charge in [-0.1, -0.05) is 12.1 Å². The molecule has 1 saturated carbocycles. The molecular weight excluding hydrogens is 271 g/mol. The van der Waals surface area contributed by atoms with Gasteiger partial charge in [0.25, 0.3) is 0 Å². The summed E-state index contributed by atoms with van der Waals surface area (Å²) in [5, 5.41) is 3.07. The third-order valence-corrected chi connectivity index (χ3v) is 3.33. The molecular formula is C14H16F3NO2. The van der Waals surface area contributed by atoms with Gasteiger partial charge in [0, 0.05) is 6.54 Å². The summed E-state index contributed by atoms with van der Waals surface area (Å²) in [6.07, 6.45) is -2.92. The van der Waals surface area contributed by atoms with Crippen LogP contribution in [0.4, 0.5) is 13.2 Å². The van der Waals surface area contributed by atoms with E-state index in [1.807, 2.05) is 0 Å². The Morgan fingerprint density at radius 1 is 1.30 bits per heavy atom. The molecule has 0 atom stereocenters. The monoisotopic (exact) mass is 287 g/mol. The zero-order valence-electron chi connectivity index (χ0n) is 11.1. The van der Waals surface area contributed by atoms with Crippen LogP contribution in [0.3, 0.4) is 0 Å². The fourth-order valence-corrected chi connectivity index (χ4v) is 1.93. The summed E-state index contributed by atoms with van der Waals surface area (Å²) in [6, 6.07) is 4.91. The number of halogens is 3. The van der Waals surface area contributed by atoms with Gasteiger partial charge in [-0.2, -0.15) is 13.2 Å². The highest BCUT2D eigenvalue weighted by atomic mass is 19.4. The van der Waals surface area contributed by atoms with E-state index in [1.54, 1.807) is 6.92 Å². The lowest BCUT2D eigenvalue weighted by Gasteiger charge is -2.16. The third-order valence-electron chi connectivity index (χ3n) is 3.33. The maximum absolute atomic E-state index is 12.4. The maximum atomic E-state index is 12.4. The molecule has 1 aromatic carbocycles. The molecule has 0 aromatic heterocycles. The second-order valence-electron chi connectivity index (χ2n) is 4.85. The molecule has 0 spiro atoms. The average Bonchev–Trinajstić information content (AvgIpc) is 3.17. The first-order valence-electron chi connectivity index (χ1n) is 6.46. The van der Waals surface area contributed by atoms with Crippen LogP contribution in [0.1, 0.15) is 30.9 Å². The Balaban J connectivity index is 1.93. The average molecular weight is 287 g/mol. The van der Waals surface area contributed by atoms with Gasteiger partial charge in [0.05, 0.1) is 12.2 Å². The quantitative estimate of drug-likeness (QED) is 0.846. The number of rotatable bonds is 5. The summed E-state index contributed by atoms with van der Waals surface area (Å²) in [5.41, 5.74) is -0.611. The van der Waals surface area contributed by atoms with E-state index in [0.29, 0.717) is 31.6 Å². The van der Waals surface area contributed by atoms with Gasteiger partial charge in [0.2, 0.25) is 0 Å². The van der Waals surface area contributed by atoms with Crippen molar-refractivity contribution < 1.29 is 22.7 Å². The molecule has 1 N–H and O–H groups in total. The highest BCUT2D eigenvalue weighted by Gasteiger charge is 2.50. The lowest BCUT2D eigenvalue weighted by Crippen LogP contribution is -2.40. The minimum absolute atomic E-state index is 0.285. The van der Waals surface area contributed by atoms with E-state index in [1.165, 1.54) is 12.1 Å².